The number of hydrogen-bond acceptors (Lipinski definition) is 4. The molecule has 6 heteroatoms. The van der Waals surface area contributed by atoms with Crippen molar-refractivity contribution in [2.45, 2.75) is 6.42 Å². The van der Waals surface area contributed by atoms with Crippen LogP contribution in [0.1, 0.15) is 11.1 Å². The second kappa shape index (κ2) is 6.91. The lowest BCUT2D eigenvalue weighted by atomic mass is 10.2. The van der Waals surface area contributed by atoms with Crippen LogP contribution in [0, 0.1) is 11.8 Å². The van der Waals surface area contributed by atoms with Gasteiger partial charge >= 0.3 is 0 Å². The lowest BCUT2D eigenvalue weighted by Crippen LogP contribution is -2.28. The molecule has 1 aromatic heterocycles. The van der Waals surface area contributed by atoms with E-state index in [0.29, 0.717) is 0 Å². The maximum absolute atomic E-state index is 11.7. The molecule has 0 atom stereocenters. The predicted molar refractivity (Wildman–Crippen MR) is 76.6 cm³/mol. The van der Waals surface area contributed by atoms with Crippen molar-refractivity contribution in [1.29, 1.82) is 0 Å². The van der Waals surface area contributed by atoms with E-state index in [2.05, 4.69) is 27.1 Å². The van der Waals surface area contributed by atoms with Gasteiger partial charge in [-0.3, -0.25) is 9.59 Å². The third-order valence-electron chi connectivity index (χ3n) is 2.64. The van der Waals surface area contributed by atoms with Gasteiger partial charge in [0, 0.05) is 5.56 Å². The SMILES string of the molecule is O=C(Cc1c(O)nc[nH]c1=O)NCC#Cc1ccccc1. The van der Waals surface area contributed by atoms with E-state index in [9.17, 15) is 14.7 Å². The Morgan fingerprint density at radius 2 is 2.10 bits per heavy atom. The van der Waals surface area contributed by atoms with E-state index in [4.69, 9.17) is 0 Å². The van der Waals surface area contributed by atoms with Gasteiger partial charge in [0.15, 0.2) is 0 Å². The summed E-state index contributed by atoms with van der Waals surface area (Å²) in [5.74, 6) is 4.84. The van der Waals surface area contributed by atoms with Crippen LogP contribution >= 0.6 is 0 Å². The van der Waals surface area contributed by atoms with Crippen molar-refractivity contribution < 1.29 is 9.90 Å². The van der Waals surface area contributed by atoms with Crippen molar-refractivity contribution in [1.82, 2.24) is 15.3 Å². The number of carbonyl (C=O) groups is 1. The summed E-state index contributed by atoms with van der Waals surface area (Å²) in [5, 5.41) is 12.0. The Hall–Kier alpha value is -3.07. The van der Waals surface area contributed by atoms with Crippen LogP contribution in [0.3, 0.4) is 0 Å². The number of nitrogens with one attached hydrogen (secondary N) is 2. The number of H-pyrrole nitrogens is 1. The molecule has 0 radical (unpaired) electrons. The van der Waals surface area contributed by atoms with Crippen LogP contribution in [-0.4, -0.2) is 27.5 Å². The molecular weight excluding hydrogens is 270 g/mol. The molecule has 0 aliphatic rings. The summed E-state index contributed by atoms with van der Waals surface area (Å²) in [5.41, 5.74) is 0.257. The van der Waals surface area contributed by atoms with Gasteiger partial charge in [0.2, 0.25) is 11.8 Å². The second-order valence-corrected chi connectivity index (χ2v) is 4.16. The molecule has 21 heavy (non-hydrogen) atoms. The number of rotatable bonds is 3. The van der Waals surface area contributed by atoms with Crippen molar-refractivity contribution in [3.63, 3.8) is 0 Å². The number of amides is 1. The number of benzene rings is 1. The Labute approximate surface area is 120 Å². The predicted octanol–water partition coefficient (Wildman–Crippen LogP) is 0.186. The molecule has 0 fully saturated rings. The topological polar surface area (TPSA) is 95.1 Å². The molecule has 0 aliphatic heterocycles. The first-order valence-corrected chi connectivity index (χ1v) is 6.23. The van der Waals surface area contributed by atoms with Gasteiger partial charge in [0.25, 0.3) is 5.56 Å². The highest BCUT2D eigenvalue weighted by Crippen LogP contribution is 2.06. The zero-order valence-corrected chi connectivity index (χ0v) is 11.1. The monoisotopic (exact) mass is 283 g/mol. The van der Waals surface area contributed by atoms with Gasteiger partial charge in [-0.1, -0.05) is 30.0 Å². The highest BCUT2D eigenvalue weighted by Gasteiger charge is 2.11. The van der Waals surface area contributed by atoms with Crippen LogP contribution in [0.5, 0.6) is 5.88 Å². The molecule has 0 saturated carbocycles. The van der Waals surface area contributed by atoms with Crippen molar-refractivity contribution >= 4 is 5.91 Å². The maximum Gasteiger partial charge on any atom is 0.258 e. The Kier molecular flexibility index (Phi) is 4.72. The molecule has 0 bridgehead atoms. The van der Waals surface area contributed by atoms with Crippen molar-refractivity contribution in [2.75, 3.05) is 6.54 Å². The minimum atomic E-state index is -0.534. The first kappa shape index (κ1) is 14.3. The van der Waals surface area contributed by atoms with Gasteiger partial charge in [-0.05, 0) is 12.1 Å². The van der Waals surface area contributed by atoms with Crippen molar-refractivity contribution in [3.05, 3.63) is 58.1 Å². The van der Waals surface area contributed by atoms with E-state index < -0.39 is 17.3 Å². The van der Waals surface area contributed by atoms with E-state index in [1.54, 1.807) is 0 Å². The molecule has 1 heterocycles. The normalized spacial score (nSPS) is 9.52. The van der Waals surface area contributed by atoms with Gasteiger partial charge in [0.05, 0.1) is 24.9 Å². The molecule has 1 aromatic carbocycles. The van der Waals surface area contributed by atoms with Crippen LogP contribution in [0.4, 0.5) is 0 Å². The minimum Gasteiger partial charge on any atom is -0.493 e. The zero-order valence-electron chi connectivity index (χ0n) is 11.1. The first-order valence-electron chi connectivity index (χ1n) is 6.23. The van der Waals surface area contributed by atoms with Crippen LogP contribution in [-0.2, 0) is 11.2 Å². The summed E-state index contributed by atoms with van der Waals surface area (Å²) in [7, 11) is 0. The molecule has 2 aromatic rings. The zero-order chi connectivity index (χ0) is 15.1. The van der Waals surface area contributed by atoms with Crippen LogP contribution in [0.15, 0.2) is 41.5 Å². The summed E-state index contributed by atoms with van der Waals surface area (Å²) in [6, 6.07) is 9.37. The molecule has 0 unspecified atom stereocenters. The number of aromatic hydroxyl groups is 1. The summed E-state index contributed by atoms with van der Waals surface area (Å²) in [4.78, 5) is 28.9. The number of aromatic nitrogens is 2. The van der Waals surface area contributed by atoms with Gasteiger partial charge in [0.1, 0.15) is 0 Å². The number of carbonyl (C=O) groups excluding carboxylic acids is 1. The van der Waals surface area contributed by atoms with E-state index >= 15 is 0 Å². The standard InChI is InChI=1S/C15H13N3O3/c19-13(9-12-14(20)17-10-18-15(12)21)16-8-4-7-11-5-2-1-3-6-11/h1-3,5-6,10H,8-9H2,(H,16,19)(H2,17,18,20,21). The Bertz CT molecular complexity index is 742. The molecule has 0 spiro atoms. The molecule has 0 aliphatic carbocycles. The highest BCUT2D eigenvalue weighted by atomic mass is 16.3. The maximum atomic E-state index is 11.7. The minimum absolute atomic E-state index is 0.0639. The lowest BCUT2D eigenvalue weighted by Gasteiger charge is -2.02. The first-order chi connectivity index (χ1) is 10.2. The number of hydrogen-bond donors (Lipinski definition) is 3. The van der Waals surface area contributed by atoms with E-state index in [-0.39, 0.29) is 18.5 Å². The van der Waals surface area contributed by atoms with Crippen molar-refractivity contribution in [3.8, 4) is 17.7 Å². The van der Waals surface area contributed by atoms with Gasteiger partial charge < -0.3 is 15.4 Å². The molecule has 6 nitrogen and oxygen atoms in total. The highest BCUT2D eigenvalue weighted by molar-refractivity contribution is 5.79. The van der Waals surface area contributed by atoms with E-state index in [1.165, 1.54) is 0 Å². The molecule has 1 amide bonds. The van der Waals surface area contributed by atoms with Crippen LogP contribution in [0.2, 0.25) is 0 Å². The number of aromatic amines is 1. The quantitative estimate of drug-likeness (QED) is 0.701. The van der Waals surface area contributed by atoms with Gasteiger partial charge in [-0.2, -0.15) is 0 Å². The Morgan fingerprint density at radius 1 is 1.33 bits per heavy atom. The summed E-state index contributed by atoms with van der Waals surface area (Å²) in [6.45, 7) is 0.159. The fourth-order valence-electron chi connectivity index (χ4n) is 1.61. The summed E-state index contributed by atoms with van der Waals surface area (Å²) in [6.07, 6.45) is 0.826. The average Bonchev–Trinajstić information content (AvgIpc) is 2.49. The third-order valence-corrected chi connectivity index (χ3v) is 2.64. The van der Waals surface area contributed by atoms with E-state index in [0.717, 1.165) is 11.9 Å². The summed E-state index contributed by atoms with van der Waals surface area (Å²) < 4.78 is 0. The molecule has 3 N–H and O–H groups in total. The van der Waals surface area contributed by atoms with Crippen LogP contribution < -0.4 is 10.9 Å². The smallest absolute Gasteiger partial charge is 0.258 e. The fourth-order valence-corrected chi connectivity index (χ4v) is 1.61. The fraction of sp³-hybridized carbons (Fsp3) is 0.133. The average molecular weight is 283 g/mol. The molecular formula is C15H13N3O3. The van der Waals surface area contributed by atoms with Crippen LogP contribution in [0.25, 0.3) is 0 Å². The second-order valence-electron chi connectivity index (χ2n) is 4.16. The van der Waals surface area contributed by atoms with Crippen molar-refractivity contribution in [2.24, 2.45) is 0 Å². The molecule has 106 valence electrons. The largest absolute Gasteiger partial charge is 0.493 e. The molecule has 0 saturated heterocycles. The lowest BCUT2D eigenvalue weighted by molar-refractivity contribution is -0.120. The summed E-state index contributed by atoms with van der Waals surface area (Å²) >= 11 is 0. The van der Waals surface area contributed by atoms with Gasteiger partial charge in [-0.25, -0.2) is 4.98 Å². The Balaban J connectivity index is 1.89. The number of nitrogens with zero attached hydrogens (tertiary/aromatic N) is 1. The third kappa shape index (κ3) is 4.21. The van der Waals surface area contributed by atoms with E-state index in [1.807, 2.05) is 30.3 Å². The molecule has 2 rings (SSSR count). The van der Waals surface area contributed by atoms with Gasteiger partial charge in [-0.15, -0.1) is 0 Å². The Morgan fingerprint density at radius 3 is 2.81 bits per heavy atom.